The van der Waals surface area contributed by atoms with Gasteiger partial charge >= 0.3 is 6.18 Å². The number of halogens is 4. The minimum Gasteiger partial charge on any atom is -0.367 e. The number of rotatable bonds is 5. The number of hydrogen-bond donors (Lipinski definition) is 1. The van der Waals surface area contributed by atoms with E-state index < -0.39 is 11.7 Å². The molecule has 25 heavy (non-hydrogen) atoms. The molecule has 0 atom stereocenters. The second kappa shape index (κ2) is 7.35. The maximum atomic E-state index is 12.8. The third-order valence-electron chi connectivity index (χ3n) is 4.06. The lowest BCUT2D eigenvalue weighted by molar-refractivity contribution is -0.137. The molecule has 2 aromatic rings. The number of fused-ring (bicyclic) bond motifs is 1. The smallest absolute Gasteiger partial charge is 0.367 e. The lowest BCUT2D eigenvalue weighted by atomic mass is 10.1. The van der Waals surface area contributed by atoms with Crippen LogP contribution in [0.3, 0.4) is 0 Å². The molecule has 3 nitrogen and oxygen atoms in total. The van der Waals surface area contributed by atoms with Gasteiger partial charge in [0.05, 0.1) is 12.7 Å². The average Bonchev–Trinajstić information content (AvgIpc) is 2.96. The van der Waals surface area contributed by atoms with Gasteiger partial charge in [0.2, 0.25) is 0 Å². The molecule has 0 spiro atoms. The zero-order valence-corrected chi connectivity index (χ0v) is 14.9. The first-order valence-electron chi connectivity index (χ1n) is 7.57. The van der Waals surface area contributed by atoms with Gasteiger partial charge in [-0.3, -0.25) is 0 Å². The van der Waals surface area contributed by atoms with Crippen molar-refractivity contribution in [2.24, 2.45) is 0 Å². The highest BCUT2D eigenvalue weighted by Gasteiger charge is 2.32. The van der Waals surface area contributed by atoms with Gasteiger partial charge in [0.15, 0.2) is 0 Å². The fraction of sp³-hybridized carbons (Fsp3) is 0.294. The minimum absolute atomic E-state index is 0.550. The van der Waals surface area contributed by atoms with Crippen LogP contribution in [0.15, 0.2) is 36.4 Å². The van der Waals surface area contributed by atoms with Gasteiger partial charge in [0, 0.05) is 29.5 Å². The van der Waals surface area contributed by atoms with Crippen LogP contribution >= 0.6 is 23.8 Å². The van der Waals surface area contributed by atoms with E-state index in [2.05, 4.69) is 4.72 Å². The van der Waals surface area contributed by atoms with Gasteiger partial charge in [-0.25, -0.2) is 0 Å². The Hall–Kier alpha value is -1.57. The van der Waals surface area contributed by atoms with E-state index in [9.17, 15) is 13.2 Å². The third kappa shape index (κ3) is 4.16. The summed E-state index contributed by atoms with van der Waals surface area (Å²) in [6.45, 7) is 1.22. The first kappa shape index (κ1) is 18.2. The molecule has 0 fully saturated rings. The molecule has 8 heteroatoms. The van der Waals surface area contributed by atoms with Crippen LogP contribution in [0.4, 0.5) is 24.5 Å². The van der Waals surface area contributed by atoms with Crippen molar-refractivity contribution in [3.8, 4) is 0 Å². The summed E-state index contributed by atoms with van der Waals surface area (Å²) in [5, 5.41) is 0.599. The monoisotopic (exact) mass is 388 g/mol. The van der Waals surface area contributed by atoms with Gasteiger partial charge in [-0.1, -0.05) is 17.7 Å². The van der Waals surface area contributed by atoms with Crippen molar-refractivity contribution < 1.29 is 17.4 Å². The van der Waals surface area contributed by atoms with Crippen molar-refractivity contribution in [2.45, 2.75) is 19.1 Å². The Labute approximate surface area is 153 Å². The summed E-state index contributed by atoms with van der Waals surface area (Å²) >= 11 is 7.43. The maximum absolute atomic E-state index is 12.8. The van der Waals surface area contributed by atoms with Gasteiger partial charge in [0.1, 0.15) is 12.2 Å². The molecule has 0 radical (unpaired) electrons. The highest BCUT2D eigenvalue weighted by molar-refractivity contribution is 7.95. The van der Waals surface area contributed by atoms with E-state index in [0.29, 0.717) is 24.5 Å². The van der Waals surface area contributed by atoms with E-state index in [4.69, 9.17) is 15.8 Å². The minimum atomic E-state index is -4.31. The van der Waals surface area contributed by atoms with Gasteiger partial charge in [-0.2, -0.15) is 13.2 Å². The van der Waals surface area contributed by atoms with Gasteiger partial charge in [-0.05, 0) is 47.9 Å². The maximum Gasteiger partial charge on any atom is 0.416 e. The Morgan fingerprint density at radius 1 is 1.24 bits per heavy atom. The van der Waals surface area contributed by atoms with E-state index in [1.807, 2.05) is 17.0 Å². The van der Waals surface area contributed by atoms with Crippen LogP contribution < -0.4 is 9.62 Å². The summed E-state index contributed by atoms with van der Waals surface area (Å²) < 4.78 is 46.3. The lowest BCUT2D eigenvalue weighted by Gasteiger charge is -2.21. The average molecular weight is 389 g/mol. The molecule has 0 aromatic heterocycles. The largest absolute Gasteiger partial charge is 0.416 e. The molecule has 0 bridgehead atoms. The van der Waals surface area contributed by atoms with Crippen LogP contribution in [0.5, 0.6) is 0 Å². The van der Waals surface area contributed by atoms with E-state index >= 15 is 0 Å². The number of nitrogens with one attached hydrogen (secondary N) is 1. The highest BCUT2D eigenvalue weighted by Crippen LogP contribution is 2.36. The van der Waals surface area contributed by atoms with Crippen LogP contribution in [0.1, 0.15) is 16.7 Å². The molecule has 3 rings (SSSR count). The Bertz CT molecular complexity index is 770. The topological polar surface area (TPSA) is 24.5 Å². The van der Waals surface area contributed by atoms with Crippen molar-refractivity contribution >= 4 is 35.2 Å². The van der Waals surface area contributed by atoms with E-state index in [1.54, 1.807) is 19.2 Å². The van der Waals surface area contributed by atoms with Crippen LogP contribution in [0, 0.1) is 0 Å². The molecule has 1 N–H and O–H groups in total. The lowest BCUT2D eigenvalue weighted by Crippen LogP contribution is -2.19. The van der Waals surface area contributed by atoms with Crippen molar-refractivity contribution in [3.05, 3.63) is 58.1 Å². The second-order valence-electron chi connectivity index (χ2n) is 5.67. The van der Waals surface area contributed by atoms with Crippen LogP contribution in [-0.2, 0) is 23.3 Å². The van der Waals surface area contributed by atoms with Crippen molar-refractivity contribution in [1.82, 2.24) is 0 Å². The molecule has 0 aliphatic carbocycles. The summed E-state index contributed by atoms with van der Waals surface area (Å²) in [4.78, 5) is 2.05. The molecule has 1 aliphatic heterocycles. The first-order chi connectivity index (χ1) is 11.9. The summed E-state index contributed by atoms with van der Waals surface area (Å²) in [6, 6.07) is 9.51. The highest BCUT2D eigenvalue weighted by atomic mass is 35.5. The Kier molecular flexibility index (Phi) is 5.36. The number of alkyl halides is 3. The first-order valence-corrected chi connectivity index (χ1v) is 8.69. The number of benzene rings is 2. The Morgan fingerprint density at radius 2 is 2.04 bits per heavy atom. The molecule has 134 valence electrons. The second-order valence-corrected chi connectivity index (χ2v) is 6.78. The molecule has 0 unspecified atom stereocenters. The zero-order valence-electron chi connectivity index (χ0n) is 13.4. The number of nitrogens with zero attached hydrogens (tertiary/aromatic N) is 1. The zero-order chi connectivity index (χ0) is 18.0. The molecular weight excluding hydrogens is 373 g/mol. The quantitative estimate of drug-likeness (QED) is 0.536. The van der Waals surface area contributed by atoms with Crippen LogP contribution in [-0.4, -0.2) is 13.7 Å². The molecule has 2 aromatic carbocycles. The number of hydrogen-bond acceptors (Lipinski definition) is 4. The van der Waals surface area contributed by atoms with Gasteiger partial charge in [-0.15, -0.1) is 0 Å². The Balaban J connectivity index is 1.76. The molecule has 1 heterocycles. The predicted octanol–water partition coefficient (Wildman–Crippen LogP) is 5.54. The van der Waals surface area contributed by atoms with Gasteiger partial charge < -0.3 is 13.8 Å². The molecular formula is C17H16ClF3N2OS. The molecule has 0 saturated heterocycles. The van der Waals surface area contributed by atoms with Crippen molar-refractivity contribution in [3.63, 3.8) is 0 Å². The molecule has 0 saturated carbocycles. The normalized spacial score (nSPS) is 13.9. The van der Waals surface area contributed by atoms with E-state index in [0.717, 1.165) is 40.8 Å². The Morgan fingerprint density at radius 3 is 2.72 bits per heavy atom. The fourth-order valence-electron chi connectivity index (χ4n) is 2.85. The standard InChI is InChI=1S/C17H16ClF3N2OS/c1-24-25-22-14-4-2-12(15(18)9-14)10-23-7-6-11-8-13(17(19,20)21)3-5-16(11)23/h2-5,8-9,22H,6-7,10H2,1H3. The SMILES string of the molecule is COSNc1ccc(CN2CCc3cc(C(F)(F)F)ccc32)c(Cl)c1. The van der Waals surface area contributed by atoms with E-state index in [-0.39, 0.29) is 0 Å². The summed E-state index contributed by atoms with van der Waals surface area (Å²) in [5.41, 5.74) is 2.69. The van der Waals surface area contributed by atoms with Crippen molar-refractivity contribution in [1.29, 1.82) is 0 Å². The summed E-state index contributed by atoms with van der Waals surface area (Å²) in [7, 11) is 1.56. The molecule has 1 aliphatic rings. The summed E-state index contributed by atoms with van der Waals surface area (Å²) in [5.74, 6) is 0. The number of anilines is 2. The van der Waals surface area contributed by atoms with Gasteiger partial charge in [0.25, 0.3) is 0 Å². The fourth-order valence-corrected chi connectivity index (χ4v) is 3.39. The molecule has 0 amide bonds. The summed E-state index contributed by atoms with van der Waals surface area (Å²) in [6.07, 6.45) is -3.71. The van der Waals surface area contributed by atoms with Crippen LogP contribution in [0.2, 0.25) is 5.02 Å². The van der Waals surface area contributed by atoms with E-state index in [1.165, 1.54) is 6.07 Å². The predicted molar refractivity (Wildman–Crippen MR) is 95.9 cm³/mol. The van der Waals surface area contributed by atoms with Crippen molar-refractivity contribution in [2.75, 3.05) is 23.3 Å². The third-order valence-corrected chi connectivity index (χ3v) is 4.89. The van der Waals surface area contributed by atoms with Crippen LogP contribution in [0.25, 0.3) is 0 Å².